The Bertz CT molecular complexity index is 860. The minimum absolute atomic E-state index is 0.149. The largest absolute Gasteiger partial charge is 0.490 e. The summed E-state index contributed by atoms with van der Waals surface area (Å²) in [5.41, 5.74) is 3.46. The molecule has 2 N–H and O–H groups in total. The molecule has 2 heterocycles. The number of carbonyl (C=O) groups excluding carboxylic acids is 1. The third kappa shape index (κ3) is 5.94. The second-order valence-electron chi connectivity index (χ2n) is 6.52. The zero-order valence-electron chi connectivity index (χ0n) is 15.9. The molecule has 1 amide bonds. The van der Waals surface area contributed by atoms with Crippen molar-refractivity contribution < 1.29 is 27.9 Å². The fourth-order valence-electron chi connectivity index (χ4n) is 2.90. The monoisotopic (exact) mass is 409 g/mol. The lowest BCUT2D eigenvalue weighted by Gasteiger charge is -2.12. The molecular formula is C20H22F3N3O3. The van der Waals surface area contributed by atoms with Gasteiger partial charge in [0.05, 0.1) is 11.9 Å². The maximum absolute atomic E-state index is 11.9. The first-order valence-electron chi connectivity index (χ1n) is 8.98. The molecule has 0 bridgehead atoms. The number of hydrogen-bond donors (Lipinski definition) is 2. The number of likely N-dealkylation sites (tertiary alicyclic amines) is 1. The summed E-state index contributed by atoms with van der Waals surface area (Å²) in [6.07, 6.45) is 0.105. The number of amides is 1. The van der Waals surface area contributed by atoms with Crippen molar-refractivity contribution in [1.29, 1.82) is 0 Å². The highest BCUT2D eigenvalue weighted by Crippen LogP contribution is 2.28. The number of nitrogens with zero attached hydrogens (tertiary/aromatic N) is 2. The molecule has 1 saturated heterocycles. The Hall–Kier alpha value is -3.10. The van der Waals surface area contributed by atoms with Gasteiger partial charge in [0.15, 0.2) is 0 Å². The Kier molecular flexibility index (Phi) is 7.19. The van der Waals surface area contributed by atoms with Crippen LogP contribution in [0.15, 0.2) is 43.1 Å². The minimum Gasteiger partial charge on any atom is -0.475 e. The van der Waals surface area contributed by atoms with Gasteiger partial charge in [-0.1, -0.05) is 37.3 Å². The number of carboxylic acid groups (broad SMARTS) is 1. The number of carbonyl (C=O) groups is 2. The van der Waals surface area contributed by atoms with Gasteiger partial charge in [-0.25, -0.2) is 9.78 Å². The van der Waals surface area contributed by atoms with Gasteiger partial charge in [0.2, 0.25) is 5.91 Å². The van der Waals surface area contributed by atoms with E-state index in [0.29, 0.717) is 19.5 Å². The van der Waals surface area contributed by atoms with Crippen LogP contribution in [0.2, 0.25) is 0 Å². The smallest absolute Gasteiger partial charge is 0.475 e. The first-order valence-corrected chi connectivity index (χ1v) is 8.98. The van der Waals surface area contributed by atoms with Crippen LogP contribution in [0.1, 0.15) is 30.7 Å². The van der Waals surface area contributed by atoms with Crippen molar-refractivity contribution in [3.05, 3.63) is 54.5 Å². The van der Waals surface area contributed by atoms with Crippen LogP contribution in [0.5, 0.6) is 0 Å². The summed E-state index contributed by atoms with van der Waals surface area (Å²) >= 11 is 0. The van der Waals surface area contributed by atoms with Gasteiger partial charge in [-0.3, -0.25) is 4.79 Å². The zero-order valence-corrected chi connectivity index (χ0v) is 15.9. The normalized spacial score (nSPS) is 16.3. The van der Waals surface area contributed by atoms with Gasteiger partial charge in [0.1, 0.15) is 5.82 Å². The Morgan fingerprint density at radius 2 is 2.00 bits per heavy atom. The number of aliphatic carboxylic acids is 1. The Morgan fingerprint density at radius 1 is 1.38 bits per heavy atom. The number of H-pyrrole nitrogens is 1. The summed E-state index contributed by atoms with van der Waals surface area (Å²) in [7, 11) is 0. The van der Waals surface area contributed by atoms with Crippen LogP contribution in [-0.2, 0) is 16.0 Å². The first-order chi connectivity index (χ1) is 13.7. The van der Waals surface area contributed by atoms with Crippen molar-refractivity contribution in [2.45, 2.75) is 31.9 Å². The van der Waals surface area contributed by atoms with Crippen LogP contribution in [0.3, 0.4) is 0 Å². The lowest BCUT2D eigenvalue weighted by atomic mass is 10.1. The standard InChI is InChI=1S/C18H21N3O.C2HF3O2/c1-3-9-21-12-15(10-17(21)22)18-19-11-16(20-18)14-7-5-13(4-2)6-8-14;3-2(4,5)1(6)7/h3,5-8,11,15H,1,4,9-10,12H2,2H3,(H,19,20);(H,6,7). The number of aromatic nitrogens is 2. The quantitative estimate of drug-likeness (QED) is 0.736. The van der Waals surface area contributed by atoms with E-state index in [1.165, 1.54) is 5.56 Å². The molecule has 0 spiro atoms. The summed E-state index contributed by atoms with van der Waals surface area (Å²) in [5.74, 6) is -1.53. The maximum atomic E-state index is 11.9. The molecule has 9 heteroatoms. The number of halogens is 3. The molecule has 1 unspecified atom stereocenters. The van der Waals surface area contributed by atoms with Crippen molar-refractivity contribution in [2.24, 2.45) is 0 Å². The molecule has 1 atom stereocenters. The van der Waals surface area contributed by atoms with Crippen molar-refractivity contribution in [3.63, 3.8) is 0 Å². The number of rotatable bonds is 5. The van der Waals surface area contributed by atoms with E-state index in [2.05, 4.69) is 47.7 Å². The molecule has 1 fully saturated rings. The van der Waals surface area contributed by atoms with E-state index in [9.17, 15) is 18.0 Å². The maximum Gasteiger partial charge on any atom is 0.490 e. The number of hydrogen-bond acceptors (Lipinski definition) is 3. The van der Waals surface area contributed by atoms with Crippen LogP contribution < -0.4 is 0 Å². The third-order valence-corrected chi connectivity index (χ3v) is 4.46. The average molecular weight is 409 g/mol. The lowest BCUT2D eigenvalue weighted by molar-refractivity contribution is -0.192. The minimum atomic E-state index is -5.08. The van der Waals surface area contributed by atoms with Crippen molar-refractivity contribution in [2.75, 3.05) is 13.1 Å². The van der Waals surface area contributed by atoms with Gasteiger partial charge in [-0.15, -0.1) is 6.58 Å². The Balaban J connectivity index is 0.000000370. The summed E-state index contributed by atoms with van der Waals surface area (Å²) < 4.78 is 31.7. The van der Waals surface area contributed by atoms with Gasteiger partial charge < -0.3 is 15.0 Å². The van der Waals surface area contributed by atoms with Crippen molar-refractivity contribution in [3.8, 4) is 11.3 Å². The predicted molar refractivity (Wildman–Crippen MR) is 101 cm³/mol. The van der Waals surface area contributed by atoms with Gasteiger partial charge in [0, 0.05) is 25.4 Å². The third-order valence-electron chi connectivity index (χ3n) is 4.46. The van der Waals surface area contributed by atoms with Crippen molar-refractivity contribution >= 4 is 11.9 Å². The van der Waals surface area contributed by atoms with Crippen LogP contribution in [0.25, 0.3) is 11.3 Å². The highest BCUT2D eigenvalue weighted by atomic mass is 19.4. The predicted octanol–water partition coefficient (Wildman–Crippen LogP) is 3.77. The summed E-state index contributed by atoms with van der Waals surface area (Å²) in [6.45, 7) is 7.17. The number of benzene rings is 1. The number of aromatic amines is 1. The number of carboxylic acids is 1. The Morgan fingerprint density at radius 3 is 2.52 bits per heavy atom. The van der Waals surface area contributed by atoms with Gasteiger partial charge in [-0.2, -0.15) is 13.2 Å². The molecule has 29 heavy (non-hydrogen) atoms. The van der Waals surface area contributed by atoms with E-state index in [1.807, 2.05) is 11.1 Å². The zero-order chi connectivity index (χ0) is 21.6. The fraction of sp³-hybridized carbons (Fsp3) is 0.350. The molecule has 0 aliphatic carbocycles. The van der Waals surface area contributed by atoms with Gasteiger partial charge >= 0.3 is 12.1 Å². The van der Waals surface area contributed by atoms with Crippen LogP contribution in [0.4, 0.5) is 13.2 Å². The molecule has 6 nitrogen and oxygen atoms in total. The van der Waals surface area contributed by atoms with E-state index >= 15 is 0 Å². The van der Waals surface area contributed by atoms with E-state index in [1.54, 1.807) is 6.08 Å². The summed E-state index contributed by atoms with van der Waals surface area (Å²) in [4.78, 5) is 30.5. The summed E-state index contributed by atoms with van der Waals surface area (Å²) in [6, 6.07) is 8.50. The molecule has 0 saturated carbocycles. The Labute approximate surface area is 166 Å². The second kappa shape index (κ2) is 9.40. The van der Waals surface area contributed by atoms with Crippen LogP contribution in [0, 0.1) is 0 Å². The molecule has 2 aromatic rings. The molecule has 1 aliphatic heterocycles. The molecule has 156 valence electrons. The van der Waals surface area contributed by atoms with E-state index in [-0.39, 0.29) is 11.8 Å². The molecule has 1 aromatic carbocycles. The number of alkyl halides is 3. The SMILES string of the molecule is C=CCN1CC(c2ncc(-c3ccc(CC)cc3)[nH]2)CC1=O.O=C(O)C(F)(F)F. The topological polar surface area (TPSA) is 86.3 Å². The van der Waals surface area contributed by atoms with Gasteiger partial charge in [-0.05, 0) is 17.5 Å². The van der Waals surface area contributed by atoms with Crippen LogP contribution in [-0.4, -0.2) is 51.1 Å². The van der Waals surface area contributed by atoms with E-state index in [4.69, 9.17) is 9.90 Å². The molecular weight excluding hydrogens is 387 g/mol. The molecule has 1 aromatic heterocycles. The van der Waals surface area contributed by atoms with E-state index in [0.717, 1.165) is 23.5 Å². The molecule has 1 aliphatic rings. The second-order valence-corrected chi connectivity index (χ2v) is 6.52. The average Bonchev–Trinajstić information content (AvgIpc) is 3.29. The number of imidazole rings is 1. The molecule has 3 rings (SSSR count). The fourth-order valence-corrected chi connectivity index (χ4v) is 2.90. The number of aryl methyl sites for hydroxylation is 1. The van der Waals surface area contributed by atoms with Crippen molar-refractivity contribution in [1.82, 2.24) is 14.9 Å². The lowest BCUT2D eigenvalue weighted by Crippen LogP contribution is -2.24. The highest BCUT2D eigenvalue weighted by Gasteiger charge is 2.38. The highest BCUT2D eigenvalue weighted by molar-refractivity contribution is 5.79. The summed E-state index contributed by atoms with van der Waals surface area (Å²) in [5, 5.41) is 7.12. The van der Waals surface area contributed by atoms with Crippen LogP contribution >= 0.6 is 0 Å². The van der Waals surface area contributed by atoms with Gasteiger partial charge in [0.25, 0.3) is 0 Å². The van der Waals surface area contributed by atoms with E-state index < -0.39 is 12.1 Å². The molecule has 0 radical (unpaired) electrons. The first kappa shape index (κ1) is 22.2. The number of nitrogens with one attached hydrogen (secondary N) is 1.